The monoisotopic (exact) mass is 287 g/mol. The molecule has 1 aromatic heterocycles. The number of nitrogens with zero attached hydrogens (tertiary/aromatic N) is 1. The Balaban J connectivity index is 2.72. The zero-order valence-electron chi connectivity index (χ0n) is 9.88. The van der Waals surface area contributed by atoms with Crippen LogP contribution in [0.5, 0.6) is 0 Å². The molecule has 0 atom stereocenters. The number of hydrogen-bond donors (Lipinski definition) is 0. The van der Waals surface area contributed by atoms with E-state index in [1.54, 1.807) is 6.92 Å². The van der Waals surface area contributed by atoms with Gasteiger partial charge in [0.15, 0.2) is 22.9 Å². The molecule has 2 rings (SSSR count). The van der Waals surface area contributed by atoms with Crippen molar-refractivity contribution in [3.63, 3.8) is 0 Å². The van der Waals surface area contributed by atoms with Crippen LogP contribution in [0.2, 0.25) is 0 Å². The molecule has 0 aliphatic carbocycles. The summed E-state index contributed by atoms with van der Waals surface area (Å²) in [5, 5.41) is 0. The van der Waals surface area contributed by atoms with Crippen molar-refractivity contribution in [2.24, 2.45) is 0 Å². The molecule has 0 saturated heterocycles. The number of rotatable bonds is 2. The second-order valence-electron chi connectivity index (χ2n) is 4.00. The maximum atomic E-state index is 13.7. The molecule has 1 heterocycles. The molecule has 0 saturated carbocycles. The summed E-state index contributed by atoms with van der Waals surface area (Å²) in [6, 6.07) is 3.19. The minimum Gasteiger partial charge on any atom is -0.318 e. The van der Waals surface area contributed by atoms with Crippen LogP contribution in [0.15, 0.2) is 29.2 Å². The van der Waals surface area contributed by atoms with E-state index in [1.165, 1.54) is 16.8 Å². The van der Waals surface area contributed by atoms with Gasteiger partial charge in [0.1, 0.15) is 0 Å². The predicted octanol–water partition coefficient (Wildman–Crippen LogP) is 3.30. The number of hydrogen-bond acceptors (Lipinski definition) is 1. The molecule has 2 aromatic rings. The van der Waals surface area contributed by atoms with Crippen molar-refractivity contribution in [2.45, 2.75) is 12.8 Å². The van der Waals surface area contributed by atoms with Gasteiger partial charge in [0.25, 0.3) is 0 Å². The van der Waals surface area contributed by atoms with Crippen molar-refractivity contribution in [1.82, 2.24) is 4.57 Å². The van der Waals surface area contributed by atoms with E-state index in [0.717, 1.165) is 12.1 Å². The van der Waals surface area contributed by atoms with Gasteiger partial charge in [-0.25, -0.2) is 13.2 Å². The lowest BCUT2D eigenvalue weighted by molar-refractivity contribution is 0.444. The van der Waals surface area contributed by atoms with Gasteiger partial charge in [-0.05, 0) is 19.1 Å². The fourth-order valence-electron chi connectivity index (χ4n) is 1.73. The third-order valence-corrected chi connectivity index (χ3v) is 3.03. The lowest BCUT2D eigenvalue weighted by Crippen LogP contribution is -2.14. The van der Waals surface area contributed by atoms with Gasteiger partial charge in [-0.1, -0.05) is 0 Å². The summed E-state index contributed by atoms with van der Waals surface area (Å²) in [5.41, 5.74) is 0.176. The van der Waals surface area contributed by atoms with Gasteiger partial charge in [0.05, 0.1) is 11.6 Å². The standard InChI is InChI=1S/C13H9ClF3NO/c1-7-4-11(19)8(5-14)6-18(7)10-3-2-9(15)12(16)13(10)17/h2-4,6H,5H2,1H3. The lowest BCUT2D eigenvalue weighted by atomic mass is 10.2. The number of halogens is 4. The molecule has 100 valence electrons. The van der Waals surface area contributed by atoms with Gasteiger partial charge in [-0.15, -0.1) is 11.6 Å². The van der Waals surface area contributed by atoms with Gasteiger partial charge >= 0.3 is 0 Å². The minimum absolute atomic E-state index is 0.0512. The molecule has 0 N–H and O–H groups in total. The Morgan fingerprint density at radius 1 is 1.21 bits per heavy atom. The second-order valence-corrected chi connectivity index (χ2v) is 4.27. The Hall–Kier alpha value is -1.75. The molecule has 19 heavy (non-hydrogen) atoms. The molecule has 0 amide bonds. The Morgan fingerprint density at radius 3 is 2.53 bits per heavy atom. The first kappa shape index (κ1) is 13.7. The number of aromatic nitrogens is 1. The zero-order chi connectivity index (χ0) is 14.2. The molecule has 1 aromatic carbocycles. The molecule has 0 aliphatic rings. The molecule has 0 spiro atoms. The normalized spacial score (nSPS) is 10.8. The van der Waals surface area contributed by atoms with Crippen LogP contribution in [-0.4, -0.2) is 4.57 Å². The number of benzene rings is 1. The highest BCUT2D eigenvalue weighted by Crippen LogP contribution is 2.20. The lowest BCUT2D eigenvalue weighted by Gasteiger charge is -2.13. The molecule has 0 fully saturated rings. The highest BCUT2D eigenvalue weighted by atomic mass is 35.5. The van der Waals surface area contributed by atoms with Crippen LogP contribution in [0.3, 0.4) is 0 Å². The van der Waals surface area contributed by atoms with Crippen LogP contribution in [0.4, 0.5) is 13.2 Å². The van der Waals surface area contributed by atoms with Crippen LogP contribution in [-0.2, 0) is 5.88 Å². The summed E-state index contributed by atoms with van der Waals surface area (Å²) < 4.78 is 41.1. The molecule has 2 nitrogen and oxygen atoms in total. The Bertz CT molecular complexity index is 697. The van der Waals surface area contributed by atoms with Crippen LogP contribution in [0.25, 0.3) is 5.69 Å². The van der Waals surface area contributed by atoms with E-state index in [2.05, 4.69) is 0 Å². The van der Waals surface area contributed by atoms with E-state index in [1.807, 2.05) is 0 Å². The highest BCUT2D eigenvalue weighted by molar-refractivity contribution is 6.17. The van der Waals surface area contributed by atoms with Gasteiger partial charge in [-0.2, -0.15) is 0 Å². The van der Waals surface area contributed by atoms with E-state index in [4.69, 9.17) is 11.6 Å². The van der Waals surface area contributed by atoms with Crippen molar-refractivity contribution < 1.29 is 13.2 Å². The molecule has 0 bridgehead atoms. The number of pyridine rings is 1. The van der Waals surface area contributed by atoms with Crippen LogP contribution in [0.1, 0.15) is 11.3 Å². The van der Waals surface area contributed by atoms with Crippen LogP contribution >= 0.6 is 11.6 Å². The molecular formula is C13H9ClF3NO. The molecule has 6 heteroatoms. The van der Waals surface area contributed by atoms with Crippen LogP contribution < -0.4 is 5.43 Å². The third-order valence-electron chi connectivity index (χ3n) is 2.74. The summed E-state index contributed by atoms with van der Waals surface area (Å²) in [5.74, 6) is -4.18. The average molecular weight is 288 g/mol. The quantitative estimate of drug-likeness (QED) is 0.613. The first-order valence-corrected chi connectivity index (χ1v) is 5.91. The van der Waals surface area contributed by atoms with E-state index in [9.17, 15) is 18.0 Å². The Labute approximate surface area is 112 Å². The smallest absolute Gasteiger partial charge is 0.196 e. The summed E-state index contributed by atoms with van der Waals surface area (Å²) in [6.45, 7) is 1.56. The van der Waals surface area contributed by atoms with Gasteiger partial charge in [-0.3, -0.25) is 4.79 Å². The van der Waals surface area contributed by atoms with Crippen LogP contribution in [0, 0.1) is 24.4 Å². The fourth-order valence-corrected chi connectivity index (χ4v) is 1.94. The van der Waals surface area contributed by atoms with Crippen molar-refractivity contribution in [3.8, 4) is 5.69 Å². The SMILES string of the molecule is Cc1cc(=O)c(CCl)cn1-c1ccc(F)c(F)c1F. The van der Waals surface area contributed by atoms with Gasteiger partial charge in [0, 0.05) is 23.5 Å². The number of aryl methyl sites for hydroxylation is 1. The highest BCUT2D eigenvalue weighted by Gasteiger charge is 2.16. The van der Waals surface area contributed by atoms with Crippen molar-refractivity contribution >= 4 is 11.6 Å². The van der Waals surface area contributed by atoms with Gasteiger partial charge < -0.3 is 4.57 Å². The minimum atomic E-state index is -1.55. The first-order chi connectivity index (χ1) is 8.95. The average Bonchev–Trinajstić information content (AvgIpc) is 2.37. The summed E-state index contributed by atoms with van der Waals surface area (Å²) >= 11 is 5.60. The van der Waals surface area contributed by atoms with E-state index < -0.39 is 17.5 Å². The second kappa shape index (κ2) is 5.09. The largest absolute Gasteiger partial charge is 0.318 e. The topological polar surface area (TPSA) is 22.0 Å². The summed E-state index contributed by atoms with van der Waals surface area (Å²) in [6.07, 6.45) is 1.32. The fraction of sp³-hybridized carbons (Fsp3) is 0.154. The van der Waals surface area contributed by atoms with Crippen molar-refractivity contribution in [2.75, 3.05) is 0 Å². The first-order valence-electron chi connectivity index (χ1n) is 5.37. The van der Waals surface area contributed by atoms with Gasteiger partial charge in [0.2, 0.25) is 0 Å². The number of alkyl halides is 1. The van der Waals surface area contributed by atoms with Crippen molar-refractivity contribution in [3.05, 3.63) is 63.3 Å². The molecule has 0 unspecified atom stereocenters. The maximum Gasteiger partial charge on any atom is 0.196 e. The maximum absolute atomic E-state index is 13.7. The zero-order valence-corrected chi connectivity index (χ0v) is 10.6. The molecule has 0 aliphatic heterocycles. The summed E-state index contributed by atoms with van der Waals surface area (Å²) in [4.78, 5) is 11.5. The van der Waals surface area contributed by atoms with E-state index in [-0.39, 0.29) is 22.6 Å². The summed E-state index contributed by atoms with van der Waals surface area (Å²) in [7, 11) is 0. The van der Waals surface area contributed by atoms with E-state index in [0.29, 0.717) is 5.69 Å². The molecule has 0 radical (unpaired) electrons. The third kappa shape index (κ3) is 2.38. The van der Waals surface area contributed by atoms with Crippen molar-refractivity contribution in [1.29, 1.82) is 0 Å². The molecular weight excluding hydrogens is 279 g/mol. The predicted molar refractivity (Wildman–Crippen MR) is 66.2 cm³/mol. The Kier molecular flexibility index (Phi) is 3.66. The van der Waals surface area contributed by atoms with E-state index >= 15 is 0 Å². The Morgan fingerprint density at radius 2 is 1.89 bits per heavy atom.